The summed E-state index contributed by atoms with van der Waals surface area (Å²) >= 11 is 12.2. The smallest absolute Gasteiger partial charge is 0.105 e. The van der Waals surface area contributed by atoms with Crippen LogP contribution in [0.1, 0.15) is 22.9 Å². The third kappa shape index (κ3) is 2.65. The maximum absolute atomic E-state index is 6.13. The van der Waals surface area contributed by atoms with Crippen molar-refractivity contribution < 1.29 is 4.42 Å². The Balaban J connectivity index is 2.25. The van der Waals surface area contributed by atoms with Crippen LogP contribution in [0.15, 0.2) is 34.9 Å². The predicted molar refractivity (Wildman–Crippen MR) is 70.5 cm³/mol. The predicted octanol–water partition coefficient (Wildman–Crippen LogP) is 4.14. The van der Waals surface area contributed by atoms with Crippen molar-refractivity contribution in [2.24, 2.45) is 5.73 Å². The molecule has 0 spiro atoms. The molecule has 4 heteroatoms. The van der Waals surface area contributed by atoms with Gasteiger partial charge in [0.15, 0.2) is 0 Å². The van der Waals surface area contributed by atoms with Crippen LogP contribution < -0.4 is 5.73 Å². The summed E-state index contributed by atoms with van der Waals surface area (Å²) in [5, 5.41) is 1.29. The first-order valence-corrected chi connectivity index (χ1v) is 6.07. The van der Waals surface area contributed by atoms with Crippen molar-refractivity contribution in [2.45, 2.75) is 19.4 Å². The van der Waals surface area contributed by atoms with Crippen LogP contribution in [0.4, 0.5) is 0 Å². The van der Waals surface area contributed by atoms with Gasteiger partial charge in [0, 0.05) is 21.7 Å². The summed E-state index contributed by atoms with van der Waals surface area (Å²) in [4.78, 5) is 0. The minimum atomic E-state index is -0.161. The van der Waals surface area contributed by atoms with E-state index in [1.165, 1.54) is 0 Å². The number of halogens is 2. The average Bonchev–Trinajstić information content (AvgIpc) is 2.70. The summed E-state index contributed by atoms with van der Waals surface area (Å²) in [7, 11) is 0. The largest absolute Gasteiger partial charge is 0.469 e. The zero-order valence-corrected chi connectivity index (χ0v) is 10.9. The van der Waals surface area contributed by atoms with Crippen LogP contribution in [0.3, 0.4) is 0 Å². The van der Waals surface area contributed by atoms with Gasteiger partial charge in [0.05, 0.1) is 6.26 Å². The third-order valence-corrected chi connectivity index (χ3v) is 3.49. The fraction of sp³-hybridized carbons (Fsp3) is 0.231. The molecule has 0 radical (unpaired) electrons. The number of hydrogen-bond donors (Lipinski definition) is 1. The molecule has 17 heavy (non-hydrogen) atoms. The first-order chi connectivity index (χ1) is 8.09. The maximum atomic E-state index is 6.13. The summed E-state index contributed by atoms with van der Waals surface area (Å²) in [6.45, 7) is 1.89. The lowest BCUT2D eigenvalue weighted by molar-refractivity contribution is 0.524. The molecule has 0 aliphatic rings. The highest BCUT2D eigenvalue weighted by Gasteiger charge is 2.15. The Bertz CT molecular complexity index is 502. The maximum Gasteiger partial charge on any atom is 0.105 e. The number of aryl methyl sites for hydroxylation is 1. The van der Waals surface area contributed by atoms with E-state index in [0.717, 1.165) is 16.9 Å². The first-order valence-electron chi connectivity index (χ1n) is 5.32. The standard InChI is InChI=1S/C13H13Cl2NO/c1-8-9(5-6-17-8)13(16)7-10-11(14)3-2-4-12(10)15/h2-6,13H,7,16H2,1H3. The quantitative estimate of drug-likeness (QED) is 0.910. The van der Waals surface area contributed by atoms with Gasteiger partial charge in [-0.3, -0.25) is 0 Å². The molecule has 0 bridgehead atoms. The molecule has 2 rings (SSSR count). The molecule has 0 amide bonds. The van der Waals surface area contributed by atoms with Crippen molar-refractivity contribution in [3.63, 3.8) is 0 Å². The second-order valence-corrected chi connectivity index (χ2v) is 4.76. The minimum Gasteiger partial charge on any atom is -0.469 e. The zero-order valence-electron chi connectivity index (χ0n) is 9.41. The van der Waals surface area contributed by atoms with Crippen LogP contribution in [-0.2, 0) is 6.42 Å². The number of rotatable bonds is 3. The highest BCUT2D eigenvalue weighted by molar-refractivity contribution is 6.36. The van der Waals surface area contributed by atoms with Gasteiger partial charge < -0.3 is 10.2 Å². The number of hydrogen-bond acceptors (Lipinski definition) is 2. The van der Waals surface area contributed by atoms with Crippen molar-refractivity contribution in [1.29, 1.82) is 0 Å². The lowest BCUT2D eigenvalue weighted by Crippen LogP contribution is -2.14. The van der Waals surface area contributed by atoms with Crippen LogP contribution in [0.5, 0.6) is 0 Å². The van der Waals surface area contributed by atoms with E-state index in [9.17, 15) is 0 Å². The highest BCUT2D eigenvalue weighted by Crippen LogP contribution is 2.29. The van der Waals surface area contributed by atoms with E-state index in [4.69, 9.17) is 33.4 Å². The Labute approximate surface area is 110 Å². The van der Waals surface area contributed by atoms with Gasteiger partial charge in [-0.15, -0.1) is 0 Å². The Kier molecular flexibility index (Phi) is 3.77. The van der Waals surface area contributed by atoms with Crippen molar-refractivity contribution >= 4 is 23.2 Å². The molecule has 2 aromatic rings. The molecule has 1 atom stereocenters. The van der Waals surface area contributed by atoms with E-state index in [1.54, 1.807) is 6.26 Å². The summed E-state index contributed by atoms with van der Waals surface area (Å²) in [5.41, 5.74) is 8.00. The van der Waals surface area contributed by atoms with Gasteiger partial charge >= 0.3 is 0 Å². The van der Waals surface area contributed by atoms with Gasteiger partial charge in [-0.25, -0.2) is 0 Å². The number of benzene rings is 1. The van der Waals surface area contributed by atoms with Crippen molar-refractivity contribution in [1.82, 2.24) is 0 Å². The molecule has 0 fully saturated rings. The van der Waals surface area contributed by atoms with Crippen LogP contribution in [-0.4, -0.2) is 0 Å². The fourth-order valence-corrected chi connectivity index (χ4v) is 2.39. The molecule has 0 saturated heterocycles. The van der Waals surface area contributed by atoms with Gasteiger partial charge in [0.2, 0.25) is 0 Å². The molecule has 0 aliphatic heterocycles. The Morgan fingerprint density at radius 3 is 2.41 bits per heavy atom. The number of furan rings is 1. The summed E-state index contributed by atoms with van der Waals surface area (Å²) < 4.78 is 5.24. The fourth-order valence-electron chi connectivity index (χ4n) is 1.84. The molecule has 0 aliphatic carbocycles. The van der Waals surface area contributed by atoms with E-state index < -0.39 is 0 Å². The molecule has 1 heterocycles. The number of nitrogens with two attached hydrogens (primary N) is 1. The normalized spacial score (nSPS) is 12.7. The second-order valence-electron chi connectivity index (χ2n) is 3.94. The van der Waals surface area contributed by atoms with Crippen molar-refractivity contribution in [3.8, 4) is 0 Å². The molecule has 2 N–H and O–H groups in total. The van der Waals surface area contributed by atoms with E-state index in [0.29, 0.717) is 16.5 Å². The SMILES string of the molecule is Cc1occc1C(N)Cc1c(Cl)cccc1Cl. The van der Waals surface area contributed by atoms with Crippen molar-refractivity contribution in [2.75, 3.05) is 0 Å². The van der Waals surface area contributed by atoms with Gasteiger partial charge in [0.1, 0.15) is 5.76 Å². The summed E-state index contributed by atoms with van der Waals surface area (Å²) in [6.07, 6.45) is 2.23. The van der Waals surface area contributed by atoms with Crippen molar-refractivity contribution in [3.05, 3.63) is 57.5 Å². The van der Waals surface area contributed by atoms with E-state index >= 15 is 0 Å². The minimum absolute atomic E-state index is 0.161. The lowest BCUT2D eigenvalue weighted by atomic mass is 10.0. The molecule has 1 unspecified atom stereocenters. The first kappa shape index (κ1) is 12.5. The van der Waals surface area contributed by atoms with Gasteiger partial charge in [-0.1, -0.05) is 29.3 Å². The van der Waals surface area contributed by atoms with Gasteiger partial charge in [-0.2, -0.15) is 0 Å². The van der Waals surface area contributed by atoms with Crippen LogP contribution in [0, 0.1) is 6.92 Å². The van der Waals surface area contributed by atoms with Gasteiger partial charge in [-0.05, 0) is 37.1 Å². The molecular weight excluding hydrogens is 257 g/mol. The third-order valence-electron chi connectivity index (χ3n) is 2.78. The van der Waals surface area contributed by atoms with E-state index in [-0.39, 0.29) is 6.04 Å². The van der Waals surface area contributed by atoms with Crippen LogP contribution in [0.25, 0.3) is 0 Å². The molecule has 1 aromatic carbocycles. The van der Waals surface area contributed by atoms with Crippen LogP contribution in [0.2, 0.25) is 10.0 Å². The average molecular weight is 270 g/mol. The Morgan fingerprint density at radius 2 is 1.88 bits per heavy atom. The Morgan fingerprint density at radius 1 is 1.24 bits per heavy atom. The zero-order chi connectivity index (χ0) is 12.4. The summed E-state index contributed by atoms with van der Waals surface area (Å²) in [5.74, 6) is 0.834. The summed E-state index contributed by atoms with van der Waals surface area (Å²) in [6, 6.07) is 7.18. The van der Waals surface area contributed by atoms with E-state index in [1.807, 2.05) is 31.2 Å². The van der Waals surface area contributed by atoms with E-state index in [2.05, 4.69) is 0 Å². The molecule has 2 nitrogen and oxygen atoms in total. The monoisotopic (exact) mass is 269 g/mol. The lowest BCUT2D eigenvalue weighted by Gasteiger charge is -2.13. The van der Waals surface area contributed by atoms with Crippen LogP contribution >= 0.6 is 23.2 Å². The van der Waals surface area contributed by atoms with Gasteiger partial charge in [0.25, 0.3) is 0 Å². The Hall–Kier alpha value is -0.960. The molecule has 0 saturated carbocycles. The highest BCUT2D eigenvalue weighted by atomic mass is 35.5. The molecule has 90 valence electrons. The molecule has 1 aromatic heterocycles. The molecular formula is C13H13Cl2NO. The topological polar surface area (TPSA) is 39.2 Å². The second kappa shape index (κ2) is 5.13.